The smallest absolute Gasteiger partial charge is 0.339 e. The van der Waals surface area contributed by atoms with Crippen LogP contribution in [0.3, 0.4) is 0 Å². The molecule has 0 aliphatic carbocycles. The molecule has 1 amide bonds. The number of anilines is 1. The van der Waals surface area contributed by atoms with E-state index in [1.807, 2.05) is 18.2 Å². The number of esters is 1. The van der Waals surface area contributed by atoms with Crippen LogP contribution in [0.4, 0.5) is 5.69 Å². The van der Waals surface area contributed by atoms with E-state index in [9.17, 15) is 9.59 Å². The van der Waals surface area contributed by atoms with Crippen molar-refractivity contribution in [3.63, 3.8) is 0 Å². The van der Waals surface area contributed by atoms with E-state index in [1.54, 1.807) is 55.5 Å². The second-order valence-electron chi connectivity index (χ2n) is 7.39. The standard InChI is InChI=1S/C25H20N2O6/c1-2-19(23(28)26-15-11-12-21-22(13-15)31-14-30-21)33-25(29)17-8-4-3-7-16(17)24-27-18-9-5-6-10-20(18)32-24/h3-13,19H,2,14H2,1H3,(H,26,28). The maximum absolute atomic E-state index is 13.0. The number of amides is 1. The van der Waals surface area contributed by atoms with Crippen LogP contribution in [0.5, 0.6) is 11.5 Å². The fraction of sp³-hybridized carbons (Fsp3) is 0.160. The lowest BCUT2D eigenvalue weighted by Gasteiger charge is -2.17. The van der Waals surface area contributed by atoms with Gasteiger partial charge in [0.05, 0.1) is 11.1 Å². The van der Waals surface area contributed by atoms with Crippen LogP contribution in [-0.4, -0.2) is 29.8 Å². The summed E-state index contributed by atoms with van der Waals surface area (Å²) < 4.78 is 22.0. The molecule has 1 aromatic heterocycles. The third-order valence-electron chi connectivity index (χ3n) is 5.22. The summed E-state index contributed by atoms with van der Waals surface area (Å²) in [4.78, 5) is 30.3. The van der Waals surface area contributed by atoms with E-state index in [2.05, 4.69) is 10.3 Å². The minimum atomic E-state index is -0.986. The van der Waals surface area contributed by atoms with E-state index in [-0.39, 0.29) is 12.4 Å². The number of carbonyl (C=O) groups excluding carboxylic acids is 2. The van der Waals surface area contributed by atoms with Crippen molar-refractivity contribution in [1.82, 2.24) is 4.98 Å². The number of nitrogens with one attached hydrogen (secondary N) is 1. The summed E-state index contributed by atoms with van der Waals surface area (Å²) in [6, 6.07) is 19.3. The lowest BCUT2D eigenvalue weighted by Crippen LogP contribution is -2.32. The minimum absolute atomic E-state index is 0.140. The normalized spacial score (nSPS) is 13.0. The van der Waals surface area contributed by atoms with Crippen molar-refractivity contribution < 1.29 is 28.2 Å². The minimum Gasteiger partial charge on any atom is -0.454 e. The van der Waals surface area contributed by atoms with Gasteiger partial charge in [-0.05, 0) is 42.8 Å². The Morgan fingerprint density at radius 2 is 1.82 bits per heavy atom. The molecule has 0 radical (unpaired) electrons. The van der Waals surface area contributed by atoms with Crippen LogP contribution >= 0.6 is 0 Å². The van der Waals surface area contributed by atoms with Gasteiger partial charge in [-0.25, -0.2) is 9.78 Å². The first-order valence-electron chi connectivity index (χ1n) is 10.5. The van der Waals surface area contributed by atoms with E-state index >= 15 is 0 Å². The first-order valence-corrected chi connectivity index (χ1v) is 10.5. The van der Waals surface area contributed by atoms with Gasteiger partial charge in [-0.3, -0.25) is 4.79 Å². The maximum atomic E-state index is 13.0. The van der Waals surface area contributed by atoms with Gasteiger partial charge in [0.15, 0.2) is 23.2 Å². The summed E-state index contributed by atoms with van der Waals surface area (Å²) in [6.07, 6.45) is -0.688. The highest BCUT2D eigenvalue weighted by atomic mass is 16.7. The molecule has 8 nitrogen and oxygen atoms in total. The predicted molar refractivity (Wildman–Crippen MR) is 120 cm³/mol. The molecule has 1 aliphatic heterocycles. The Morgan fingerprint density at radius 1 is 1.03 bits per heavy atom. The van der Waals surface area contributed by atoms with Gasteiger partial charge in [0, 0.05) is 11.8 Å². The molecule has 5 rings (SSSR count). The van der Waals surface area contributed by atoms with Crippen LogP contribution in [0.15, 0.2) is 71.1 Å². The maximum Gasteiger partial charge on any atom is 0.339 e. The molecule has 0 saturated heterocycles. The molecule has 3 aromatic carbocycles. The fourth-order valence-electron chi connectivity index (χ4n) is 3.55. The Kier molecular flexibility index (Phi) is 5.40. The lowest BCUT2D eigenvalue weighted by molar-refractivity contribution is -0.124. The monoisotopic (exact) mass is 444 g/mol. The Hall–Kier alpha value is -4.33. The van der Waals surface area contributed by atoms with Gasteiger partial charge in [0.2, 0.25) is 12.7 Å². The van der Waals surface area contributed by atoms with Crippen molar-refractivity contribution in [2.45, 2.75) is 19.4 Å². The van der Waals surface area contributed by atoms with Crippen LogP contribution in [-0.2, 0) is 9.53 Å². The zero-order valence-corrected chi connectivity index (χ0v) is 17.7. The zero-order chi connectivity index (χ0) is 22.8. The summed E-state index contributed by atoms with van der Waals surface area (Å²) in [5.74, 6) is 0.388. The zero-order valence-electron chi connectivity index (χ0n) is 17.7. The molecule has 1 unspecified atom stereocenters. The molecule has 166 valence electrons. The Bertz CT molecular complexity index is 1310. The molecule has 4 aromatic rings. The van der Waals surface area contributed by atoms with Crippen molar-refractivity contribution in [3.8, 4) is 23.0 Å². The molecule has 0 spiro atoms. The number of aromatic nitrogens is 1. The van der Waals surface area contributed by atoms with Gasteiger partial charge >= 0.3 is 5.97 Å². The van der Waals surface area contributed by atoms with Crippen molar-refractivity contribution in [1.29, 1.82) is 0 Å². The number of carbonyl (C=O) groups is 2. The van der Waals surface area contributed by atoms with E-state index < -0.39 is 18.0 Å². The number of benzene rings is 3. The topological polar surface area (TPSA) is 99.9 Å². The molecular formula is C25H20N2O6. The Labute approximate surface area is 189 Å². The lowest BCUT2D eigenvalue weighted by atomic mass is 10.1. The van der Waals surface area contributed by atoms with Gasteiger partial charge in [-0.2, -0.15) is 0 Å². The predicted octanol–water partition coefficient (Wildman–Crippen LogP) is 4.80. The fourth-order valence-corrected chi connectivity index (χ4v) is 3.55. The average molecular weight is 444 g/mol. The molecule has 1 atom stereocenters. The summed E-state index contributed by atoms with van der Waals surface area (Å²) in [5, 5.41) is 2.76. The van der Waals surface area contributed by atoms with E-state index in [4.69, 9.17) is 18.6 Å². The SMILES string of the molecule is CCC(OC(=O)c1ccccc1-c1nc2ccccc2o1)C(=O)Nc1ccc2c(c1)OCO2. The summed E-state index contributed by atoms with van der Waals surface area (Å²) >= 11 is 0. The molecule has 0 saturated carbocycles. The van der Waals surface area contributed by atoms with E-state index in [0.717, 1.165) is 0 Å². The number of oxazole rings is 1. The second-order valence-corrected chi connectivity index (χ2v) is 7.39. The largest absolute Gasteiger partial charge is 0.454 e. The number of hydrogen-bond donors (Lipinski definition) is 1. The number of hydrogen-bond acceptors (Lipinski definition) is 7. The van der Waals surface area contributed by atoms with Gasteiger partial charge in [0.1, 0.15) is 5.52 Å². The number of para-hydroxylation sites is 2. The van der Waals surface area contributed by atoms with Crippen LogP contribution in [0.25, 0.3) is 22.6 Å². The van der Waals surface area contributed by atoms with Crippen molar-refractivity contribution in [2.75, 3.05) is 12.1 Å². The number of nitrogens with zero attached hydrogens (tertiary/aromatic N) is 1. The average Bonchev–Trinajstić information content (AvgIpc) is 3.48. The highest BCUT2D eigenvalue weighted by Gasteiger charge is 2.25. The third kappa shape index (κ3) is 4.10. The van der Waals surface area contributed by atoms with Gasteiger partial charge in [-0.1, -0.05) is 31.2 Å². The summed E-state index contributed by atoms with van der Waals surface area (Å²) in [7, 11) is 0. The first kappa shape index (κ1) is 20.6. The molecule has 8 heteroatoms. The van der Waals surface area contributed by atoms with Gasteiger partial charge in [0.25, 0.3) is 5.91 Å². The van der Waals surface area contributed by atoms with Crippen molar-refractivity contribution in [3.05, 3.63) is 72.3 Å². The van der Waals surface area contributed by atoms with Gasteiger partial charge in [-0.15, -0.1) is 0 Å². The quantitative estimate of drug-likeness (QED) is 0.427. The second kappa shape index (κ2) is 8.66. The van der Waals surface area contributed by atoms with Crippen molar-refractivity contribution in [2.24, 2.45) is 0 Å². The van der Waals surface area contributed by atoms with E-state index in [1.165, 1.54) is 0 Å². The van der Waals surface area contributed by atoms with Crippen LogP contribution in [0, 0.1) is 0 Å². The Balaban J connectivity index is 1.34. The van der Waals surface area contributed by atoms with Gasteiger partial charge < -0.3 is 23.9 Å². The molecule has 1 N–H and O–H groups in total. The number of fused-ring (bicyclic) bond motifs is 2. The van der Waals surface area contributed by atoms with Crippen LogP contribution in [0.2, 0.25) is 0 Å². The summed E-state index contributed by atoms with van der Waals surface area (Å²) in [5.41, 5.74) is 2.57. The molecule has 2 heterocycles. The number of rotatable bonds is 6. The highest BCUT2D eigenvalue weighted by Crippen LogP contribution is 2.34. The van der Waals surface area contributed by atoms with E-state index in [0.29, 0.717) is 46.2 Å². The van der Waals surface area contributed by atoms with Crippen LogP contribution in [0.1, 0.15) is 23.7 Å². The summed E-state index contributed by atoms with van der Waals surface area (Å²) in [6.45, 7) is 1.91. The third-order valence-corrected chi connectivity index (χ3v) is 5.22. The first-order chi connectivity index (χ1) is 16.1. The number of ether oxygens (including phenoxy) is 3. The van der Waals surface area contributed by atoms with Crippen molar-refractivity contribution >= 4 is 28.7 Å². The molecule has 33 heavy (non-hydrogen) atoms. The molecule has 0 fully saturated rings. The molecule has 1 aliphatic rings. The molecule has 0 bridgehead atoms. The van der Waals surface area contributed by atoms with Crippen LogP contribution < -0.4 is 14.8 Å². The Morgan fingerprint density at radius 3 is 2.67 bits per heavy atom. The highest BCUT2D eigenvalue weighted by molar-refractivity contribution is 6.00. The molecular weight excluding hydrogens is 424 g/mol.